The lowest BCUT2D eigenvalue weighted by atomic mass is 10.1. The van der Waals surface area contributed by atoms with Gasteiger partial charge in [-0.2, -0.15) is 5.10 Å². The van der Waals surface area contributed by atoms with E-state index in [0.717, 1.165) is 57.1 Å². The van der Waals surface area contributed by atoms with Crippen molar-refractivity contribution in [3.8, 4) is 0 Å². The van der Waals surface area contributed by atoms with E-state index in [-0.39, 0.29) is 5.56 Å². The molecule has 23 heavy (non-hydrogen) atoms. The number of anilines is 1. The van der Waals surface area contributed by atoms with Crippen LogP contribution in [0.2, 0.25) is 0 Å². The van der Waals surface area contributed by atoms with Crippen LogP contribution in [0.25, 0.3) is 0 Å². The molecule has 0 aromatic carbocycles. The third-order valence-electron chi connectivity index (χ3n) is 4.24. The van der Waals surface area contributed by atoms with Crippen molar-refractivity contribution in [2.45, 2.75) is 32.9 Å². The molecule has 0 radical (unpaired) electrons. The second-order valence-electron chi connectivity index (χ2n) is 6.24. The first kappa shape index (κ1) is 15.8. The Morgan fingerprint density at radius 3 is 3.17 bits per heavy atom. The zero-order valence-corrected chi connectivity index (χ0v) is 13.7. The number of fused-ring (bicyclic) bond motifs is 1. The number of pyridine rings is 1. The molecule has 1 atom stereocenters. The van der Waals surface area contributed by atoms with Crippen molar-refractivity contribution in [2.24, 2.45) is 5.92 Å². The number of aromatic nitrogens is 3. The first-order valence-electron chi connectivity index (χ1n) is 8.37. The van der Waals surface area contributed by atoms with Crippen LogP contribution in [-0.4, -0.2) is 34.0 Å². The smallest absolute Gasteiger partial charge is 0.250 e. The van der Waals surface area contributed by atoms with Crippen molar-refractivity contribution < 1.29 is 0 Å². The van der Waals surface area contributed by atoms with Crippen LogP contribution in [-0.2, 0) is 13.1 Å². The maximum absolute atomic E-state index is 11.6. The Labute approximate surface area is 136 Å². The normalized spacial score (nSPS) is 16.8. The first-order chi connectivity index (χ1) is 11.2. The average Bonchev–Trinajstić information content (AvgIpc) is 2.91. The molecular weight excluding hydrogens is 290 g/mol. The van der Waals surface area contributed by atoms with E-state index in [2.05, 4.69) is 26.5 Å². The molecule has 124 valence electrons. The molecule has 0 bridgehead atoms. The number of nitrogens with zero attached hydrogens (tertiary/aromatic N) is 3. The van der Waals surface area contributed by atoms with E-state index in [0.29, 0.717) is 5.92 Å². The Morgan fingerprint density at radius 2 is 2.30 bits per heavy atom. The van der Waals surface area contributed by atoms with Crippen molar-refractivity contribution in [1.29, 1.82) is 0 Å². The lowest BCUT2D eigenvalue weighted by Gasteiger charge is -2.25. The average molecular weight is 315 g/mol. The van der Waals surface area contributed by atoms with E-state index in [1.54, 1.807) is 16.7 Å². The number of rotatable bonds is 7. The van der Waals surface area contributed by atoms with E-state index in [1.165, 1.54) is 0 Å². The summed E-state index contributed by atoms with van der Waals surface area (Å²) in [5.74, 6) is 1.70. The van der Waals surface area contributed by atoms with E-state index >= 15 is 0 Å². The monoisotopic (exact) mass is 315 g/mol. The summed E-state index contributed by atoms with van der Waals surface area (Å²) in [6.07, 6.45) is 3.95. The number of hydrogen-bond acceptors (Lipinski definition) is 4. The molecule has 2 aromatic heterocycles. The lowest BCUT2D eigenvalue weighted by molar-refractivity contribution is 0.388. The SMILES string of the molecule is Cc1cc2n(n1)CC(CNCCCCn1ccccc1=O)CN2. The van der Waals surface area contributed by atoms with Gasteiger partial charge in [0, 0.05) is 50.4 Å². The Bertz CT molecular complexity index is 690. The molecule has 0 fully saturated rings. The number of nitrogens with one attached hydrogen (secondary N) is 2. The molecule has 6 nitrogen and oxygen atoms in total. The molecule has 1 aliphatic heterocycles. The van der Waals surface area contributed by atoms with Crippen LogP contribution < -0.4 is 16.2 Å². The van der Waals surface area contributed by atoms with Gasteiger partial charge < -0.3 is 15.2 Å². The molecule has 6 heteroatoms. The fraction of sp³-hybridized carbons (Fsp3) is 0.529. The van der Waals surface area contributed by atoms with Crippen molar-refractivity contribution in [1.82, 2.24) is 19.7 Å². The quantitative estimate of drug-likeness (QED) is 0.760. The van der Waals surface area contributed by atoms with E-state index < -0.39 is 0 Å². The van der Waals surface area contributed by atoms with Gasteiger partial charge in [-0.05, 0) is 32.4 Å². The Hall–Kier alpha value is -2.08. The van der Waals surface area contributed by atoms with Crippen molar-refractivity contribution in [3.05, 3.63) is 46.5 Å². The standard InChI is InChI=1S/C17H25N5O/c1-14-10-16-19-12-15(13-22(16)20-14)11-18-7-3-5-9-21-8-4-2-6-17(21)23/h2,4,6,8,10,15,18-19H,3,5,7,9,11-13H2,1H3. The van der Waals surface area contributed by atoms with Gasteiger partial charge in [-0.25, -0.2) is 4.68 Å². The fourth-order valence-corrected chi connectivity index (χ4v) is 3.01. The molecule has 3 rings (SSSR count). The molecule has 2 N–H and O–H groups in total. The summed E-state index contributed by atoms with van der Waals surface area (Å²) < 4.78 is 3.83. The minimum absolute atomic E-state index is 0.0825. The summed E-state index contributed by atoms with van der Waals surface area (Å²) in [6.45, 7) is 6.78. The number of hydrogen-bond donors (Lipinski definition) is 2. The third-order valence-corrected chi connectivity index (χ3v) is 4.24. The topological polar surface area (TPSA) is 63.9 Å². The van der Waals surface area contributed by atoms with Crippen LogP contribution in [0.5, 0.6) is 0 Å². The maximum atomic E-state index is 11.6. The minimum Gasteiger partial charge on any atom is -0.370 e. The summed E-state index contributed by atoms with van der Waals surface area (Å²) >= 11 is 0. The molecule has 1 unspecified atom stereocenters. The van der Waals surface area contributed by atoms with Gasteiger partial charge in [0.1, 0.15) is 5.82 Å². The maximum Gasteiger partial charge on any atom is 0.250 e. The highest BCUT2D eigenvalue weighted by molar-refractivity contribution is 5.38. The van der Waals surface area contributed by atoms with Crippen LogP contribution >= 0.6 is 0 Å². The van der Waals surface area contributed by atoms with Gasteiger partial charge in [-0.1, -0.05) is 6.07 Å². The Kier molecular flexibility index (Phi) is 5.12. The molecule has 0 spiro atoms. The van der Waals surface area contributed by atoms with Crippen LogP contribution in [0.15, 0.2) is 35.3 Å². The van der Waals surface area contributed by atoms with Gasteiger partial charge >= 0.3 is 0 Å². The number of unbranched alkanes of at least 4 members (excludes halogenated alkanes) is 1. The highest BCUT2D eigenvalue weighted by atomic mass is 16.1. The highest BCUT2D eigenvalue weighted by Crippen LogP contribution is 2.17. The lowest BCUT2D eigenvalue weighted by Crippen LogP contribution is -2.35. The van der Waals surface area contributed by atoms with E-state index in [9.17, 15) is 4.79 Å². The number of aryl methyl sites for hydroxylation is 2. The van der Waals surface area contributed by atoms with Crippen LogP contribution in [0.1, 0.15) is 18.5 Å². The van der Waals surface area contributed by atoms with Gasteiger partial charge in [0.05, 0.1) is 5.69 Å². The van der Waals surface area contributed by atoms with Gasteiger partial charge in [0.15, 0.2) is 0 Å². The minimum atomic E-state index is 0.0825. The van der Waals surface area contributed by atoms with Gasteiger partial charge in [0.25, 0.3) is 0 Å². The van der Waals surface area contributed by atoms with E-state index in [1.807, 2.05) is 19.2 Å². The highest BCUT2D eigenvalue weighted by Gasteiger charge is 2.18. The third kappa shape index (κ3) is 4.22. The van der Waals surface area contributed by atoms with Crippen molar-refractivity contribution in [3.63, 3.8) is 0 Å². The summed E-state index contributed by atoms with van der Waals surface area (Å²) in [4.78, 5) is 11.6. The van der Waals surface area contributed by atoms with Crippen LogP contribution in [0.3, 0.4) is 0 Å². The second kappa shape index (κ2) is 7.46. The van der Waals surface area contributed by atoms with Crippen LogP contribution in [0, 0.1) is 12.8 Å². The Morgan fingerprint density at radius 1 is 1.39 bits per heavy atom. The predicted octanol–water partition coefficient (Wildman–Crippen LogP) is 1.46. The van der Waals surface area contributed by atoms with Crippen LogP contribution in [0.4, 0.5) is 5.82 Å². The molecule has 0 saturated heterocycles. The van der Waals surface area contributed by atoms with Gasteiger partial charge in [-0.3, -0.25) is 4.79 Å². The van der Waals surface area contributed by atoms with Crippen molar-refractivity contribution in [2.75, 3.05) is 25.0 Å². The molecule has 1 aliphatic rings. The summed E-state index contributed by atoms with van der Waals surface area (Å²) in [5, 5.41) is 11.5. The fourth-order valence-electron chi connectivity index (χ4n) is 3.01. The van der Waals surface area contributed by atoms with Gasteiger partial charge in [0.2, 0.25) is 5.56 Å². The molecular formula is C17H25N5O. The summed E-state index contributed by atoms with van der Waals surface area (Å²) in [7, 11) is 0. The second-order valence-corrected chi connectivity index (χ2v) is 6.24. The zero-order chi connectivity index (χ0) is 16.1. The summed E-state index contributed by atoms with van der Waals surface area (Å²) in [5.41, 5.74) is 1.15. The van der Waals surface area contributed by atoms with Crippen molar-refractivity contribution >= 4 is 5.82 Å². The van der Waals surface area contributed by atoms with E-state index in [4.69, 9.17) is 0 Å². The molecule has 0 amide bonds. The first-order valence-corrected chi connectivity index (χ1v) is 8.37. The largest absolute Gasteiger partial charge is 0.370 e. The molecule has 3 heterocycles. The zero-order valence-electron chi connectivity index (χ0n) is 13.7. The molecule has 0 aliphatic carbocycles. The predicted molar refractivity (Wildman–Crippen MR) is 91.7 cm³/mol. The summed E-state index contributed by atoms with van der Waals surface area (Å²) in [6, 6.07) is 7.39. The Balaban J connectivity index is 1.32. The molecule has 0 saturated carbocycles. The molecule has 2 aromatic rings. The van der Waals surface area contributed by atoms with Gasteiger partial charge in [-0.15, -0.1) is 0 Å².